The molecule has 4 aromatic carbocycles. The number of benzene rings is 4. The molecule has 250 valence electrons. The molecule has 4 aromatic rings. The summed E-state index contributed by atoms with van der Waals surface area (Å²) < 4.78 is 294. The maximum atomic E-state index is 15.4. The fraction of sp³-hybridized carbons (Fsp3) is 0. The molecule has 0 radical (unpaired) electrons. The maximum absolute atomic E-state index is 15.4. The van der Waals surface area contributed by atoms with Crippen LogP contribution in [-0.4, -0.2) is 6.15 Å². The van der Waals surface area contributed by atoms with Crippen molar-refractivity contribution in [1.29, 1.82) is 0 Å². The van der Waals surface area contributed by atoms with Crippen LogP contribution in [0.5, 0.6) is 0 Å². The Labute approximate surface area is 249 Å². The summed E-state index contributed by atoms with van der Waals surface area (Å²) in [5.74, 6) is -71.4. The minimum atomic E-state index is -7.22. The molecule has 0 atom stereocenters. The predicted molar refractivity (Wildman–Crippen MR) is 109 cm³/mol. The first-order chi connectivity index (χ1) is 20.7. The van der Waals surface area contributed by atoms with Crippen molar-refractivity contribution < 1.29 is 105 Å². The average molecular weight is 743 g/mol. The standard InChI is InChI=1S/C24BF20.Cu/c26-5-1(6(27)14(35)21(42)13(5)34)25(2-7(28)15(36)22(43)16(37)8(2)29,3-9(30)17(38)23(44)18(39)10(3)31)4-11(32)19(40)24(45)20(41)12(4)33;/q-1;+1. The first kappa shape index (κ1) is 36.5. The third-order valence-corrected chi connectivity index (χ3v) is 6.71. The Bertz CT molecular complexity index is 1580. The smallest absolute Gasteiger partial charge is 0.207 e. The molecule has 0 unspecified atom stereocenters. The Morgan fingerprint density at radius 1 is 0.174 bits per heavy atom. The van der Waals surface area contributed by atoms with Crippen LogP contribution in [0.2, 0.25) is 0 Å². The predicted octanol–water partition coefficient (Wildman–Crippen LogP) is 5.84. The van der Waals surface area contributed by atoms with Crippen molar-refractivity contribution in [3.63, 3.8) is 0 Å². The van der Waals surface area contributed by atoms with Gasteiger partial charge in [0.15, 0.2) is 69.8 Å². The van der Waals surface area contributed by atoms with Crippen molar-refractivity contribution in [1.82, 2.24) is 0 Å². The van der Waals surface area contributed by atoms with E-state index in [1.54, 1.807) is 0 Å². The van der Waals surface area contributed by atoms with Gasteiger partial charge < -0.3 is 0 Å². The molecule has 0 aliphatic carbocycles. The second-order valence-corrected chi connectivity index (χ2v) is 8.80. The van der Waals surface area contributed by atoms with E-state index in [1.807, 2.05) is 0 Å². The van der Waals surface area contributed by atoms with Crippen LogP contribution in [-0.2, 0) is 17.1 Å². The van der Waals surface area contributed by atoms with Crippen molar-refractivity contribution >= 4 is 28.0 Å². The minimum Gasteiger partial charge on any atom is -0.207 e. The molecular weight excluding hydrogens is 743 g/mol. The van der Waals surface area contributed by atoms with Gasteiger partial charge in [-0.25, -0.2) is 87.8 Å². The molecule has 0 heterocycles. The molecule has 46 heavy (non-hydrogen) atoms. The van der Waals surface area contributed by atoms with Gasteiger partial charge in [0.1, 0.15) is 52.7 Å². The van der Waals surface area contributed by atoms with Crippen LogP contribution in [0.1, 0.15) is 0 Å². The van der Waals surface area contributed by atoms with Crippen molar-refractivity contribution in [2.45, 2.75) is 0 Å². The van der Waals surface area contributed by atoms with Gasteiger partial charge in [-0.05, 0) is 0 Å². The molecule has 0 aliphatic heterocycles. The van der Waals surface area contributed by atoms with E-state index < -0.39 is 144 Å². The Morgan fingerprint density at radius 2 is 0.261 bits per heavy atom. The Hall–Kier alpha value is -3.94. The molecule has 0 aromatic heterocycles. The average Bonchev–Trinajstić information content (AvgIpc) is 3.00. The molecule has 22 heteroatoms. The number of halogens is 20. The molecule has 0 spiro atoms. The van der Waals surface area contributed by atoms with E-state index in [2.05, 4.69) is 0 Å². The van der Waals surface area contributed by atoms with Gasteiger partial charge in [-0.15, -0.1) is 21.9 Å². The molecule has 0 bridgehead atoms. The van der Waals surface area contributed by atoms with Gasteiger partial charge in [0.2, 0.25) is 0 Å². The second kappa shape index (κ2) is 12.0. The largest absolute Gasteiger partial charge is 1.00 e. The first-order valence-electron chi connectivity index (χ1n) is 10.9. The summed E-state index contributed by atoms with van der Waals surface area (Å²) in [6.45, 7) is 0. The van der Waals surface area contributed by atoms with E-state index in [0.29, 0.717) is 0 Å². The topological polar surface area (TPSA) is 0 Å². The van der Waals surface area contributed by atoms with Crippen LogP contribution in [0.25, 0.3) is 0 Å². The van der Waals surface area contributed by atoms with E-state index in [1.165, 1.54) is 0 Å². The van der Waals surface area contributed by atoms with Gasteiger partial charge in [0.25, 0.3) is 0 Å². The van der Waals surface area contributed by atoms with Crippen molar-refractivity contribution in [3.05, 3.63) is 116 Å². The van der Waals surface area contributed by atoms with E-state index in [0.717, 1.165) is 0 Å². The van der Waals surface area contributed by atoms with E-state index in [9.17, 15) is 52.7 Å². The minimum absolute atomic E-state index is 0. The van der Waals surface area contributed by atoms with Crippen LogP contribution in [0.3, 0.4) is 0 Å². The third-order valence-electron chi connectivity index (χ3n) is 6.71. The van der Waals surface area contributed by atoms with Gasteiger partial charge in [-0.3, -0.25) is 0 Å². The molecular formula is C24BCuF20. The summed E-state index contributed by atoms with van der Waals surface area (Å²) in [6, 6.07) is 0. The van der Waals surface area contributed by atoms with Crippen molar-refractivity contribution in [3.8, 4) is 0 Å². The summed E-state index contributed by atoms with van der Waals surface area (Å²) in [7, 11) is 0. The molecule has 0 nitrogen and oxygen atoms in total. The molecule has 0 fully saturated rings. The SMILES string of the molecule is Fc1c(F)c(F)c([B-](c2c(F)c(F)c(F)c(F)c2F)(c2c(F)c(F)c(F)c(F)c2F)c2c(F)c(F)c(F)c(F)c2F)c(F)c1F.[Cu+]. The molecule has 0 saturated carbocycles. The maximum Gasteiger partial charge on any atom is 1.00 e. The molecule has 4 rings (SSSR count). The summed E-state index contributed by atoms with van der Waals surface area (Å²) in [6.07, 6.45) is -7.22. The zero-order valence-corrected chi connectivity index (χ0v) is 21.4. The summed E-state index contributed by atoms with van der Waals surface area (Å²) >= 11 is 0. The monoisotopic (exact) mass is 742 g/mol. The van der Waals surface area contributed by atoms with Crippen molar-refractivity contribution in [2.24, 2.45) is 0 Å². The zero-order chi connectivity index (χ0) is 34.4. The van der Waals surface area contributed by atoms with Crippen LogP contribution < -0.4 is 21.9 Å². The molecule has 0 saturated heterocycles. The van der Waals surface area contributed by atoms with E-state index in [-0.39, 0.29) is 17.1 Å². The van der Waals surface area contributed by atoms with Crippen molar-refractivity contribution in [2.75, 3.05) is 0 Å². The van der Waals surface area contributed by atoms with Gasteiger partial charge in [-0.1, -0.05) is 0 Å². The number of hydrogen-bond donors (Lipinski definition) is 0. The fourth-order valence-corrected chi connectivity index (χ4v) is 4.87. The van der Waals surface area contributed by atoms with Gasteiger partial charge in [-0.2, -0.15) is 0 Å². The Morgan fingerprint density at radius 3 is 0.370 bits per heavy atom. The van der Waals surface area contributed by atoms with E-state index >= 15 is 35.1 Å². The molecule has 0 amide bonds. The Balaban J connectivity index is 0.00000576. The van der Waals surface area contributed by atoms with E-state index in [4.69, 9.17) is 0 Å². The van der Waals surface area contributed by atoms with Crippen LogP contribution in [0.15, 0.2) is 0 Å². The van der Waals surface area contributed by atoms with Crippen LogP contribution in [0, 0.1) is 116 Å². The zero-order valence-electron chi connectivity index (χ0n) is 20.4. The molecule has 0 N–H and O–H groups in total. The summed E-state index contributed by atoms with van der Waals surface area (Å²) in [5, 5.41) is 0. The van der Waals surface area contributed by atoms with Crippen LogP contribution in [0.4, 0.5) is 87.8 Å². The first-order valence-corrected chi connectivity index (χ1v) is 10.9. The second-order valence-electron chi connectivity index (χ2n) is 8.80. The fourth-order valence-electron chi connectivity index (χ4n) is 4.87. The number of hydrogen-bond acceptors (Lipinski definition) is 0. The normalized spacial score (nSPS) is 11.7. The van der Waals surface area contributed by atoms with Gasteiger partial charge in [0, 0.05) is 0 Å². The summed E-state index contributed by atoms with van der Waals surface area (Å²) in [4.78, 5) is 0. The van der Waals surface area contributed by atoms with Gasteiger partial charge in [0.05, 0.1) is 0 Å². The van der Waals surface area contributed by atoms with Crippen LogP contribution >= 0.6 is 0 Å². The van der Waals surface area contributed by atoms with Gasteiger partial charge >= 0.3 is 17.1 Å². The molecule has 0 aliphatic rings. The Kier molecular flexibility index (Phi) is 9.54. The summed E-state index contributed by atoms with van der Waals surface area (Å²) in [5.41, 5.74) is -14.3. The number of rotatable bonds is 4. The third kappa shape index (κ3) is 4.54. The quantitative estimate of drug-likeness (QED) is 0.107.